The largest absolute Gasteiger partial charge is 0.360 e. The number of rotatable bonds is 4. The number of aromatic amines is 1. The number of nitrogens with one attached hydrogen (secondary N) is 2. The standard InChI is InChI=1S/C16H17N7O/c1-11-8-12(16(24)23-6-2-3-7-23)4-5-14(11)18-10-13(9-17)15-19-21-22-20-15/h4-5,8,10,18H,2-3,6-7H2,1H3,(H,19,20,21,22). The van der Waals surface area contributed by atoms with Crippen LogP contribution in [0.4, 0.5) is 5.69 Å². The third kappa shape index (κ3) is 3.25. The van der Waals surface area contributed by atoms with Crippen LogP contribution in [0.2, 0.25) is 0 Å². The van der Waals surface area contributed by atoms with Crippen molar-refractivity contribution in [3.63, 3.8) is 0 Å². The molecular formula is C16H17N7O. The Kier molecular flexibility index (Phi) is 4.52. The third-order valence-electron chi connectivity index (χ3n) is 3.95. The monoisotopic (exact) mass is 323 g/mol. The van der Waals surface area contributed by atoms with E-state index in [4.69, 9.17) is 5.26 Å². The van der Waals surface area contributed by atoms with Gasteiger partial charge in [0.2, 0.25) is 5.82 Å². The van der Waals surface area contributed by atoms with Crippen LogP contribution >= 0.6 is 0 Å². The second-order valence-electron chi connectivity index (χ2n) is 5.58. The Labute approximate surface area is 139 Å². The average molecular weight is 323 g/mol. The molecule has 0 saturated carbocycles. The minimum Gasteiger partial charge on any atom is -0.360 e. The maximum atomic E-state index is 12.4. The lowest BCUT2D eigenvalue weighted by atomic mass is 10.1. The van der Waals surface area contributed by atoms with Crippen LogP contribution in [0, 0.1) is 18.3 Å². The first kappa shape index (κ1) is 15.7. The molecule has 1 aromatic carbocycles. The predicted octanol–water partition coefficient (Wildman–Crippen LogP) is 1.72. The van der Waals surface area contributed by atoms with Crippen molar-refractivity contribution in [2.45, 2.75) is 19.8 Å². The smallest absolute Gasteiger partial charge is 0.253 e. The number of H-pyrrole nitrogens is 1. The van der Waals surface area contributed by atoms with Crippen LogP contribution in [0.15, 0.2) is 24.4 Å². The van der Waals surface area contributed by atoms with Crippen LogP contribution in [0.25, 0.3) is 5.57 Å². The van der Waals surface area contributed by atoms with Crippen molar-refractivity contribution >= 4 is 17.2 Å². The molecule has 1 aliphatic heterocycles. The van der Waals surface area contributed by atoms with Gasteiger partial charge >= 0.3 is 0 Å². The van der Waals surface area contributed by atoms with E-state index in [-0.39, 0.29) is 17.3 Å². The number of aromatic nitrogens is 4. The molecule has 1 aliphatic rings. The first-order valence-corrected chi connectivity index (χ1v) is 7.69. The van der Waals surface area contributed by atoms with E-state index < -0.39 is 0 Å². The lowest BCUT2D eigenvalue weighted by molar-refractivity contribution is 0.0793. The number of likely N-dealkylation sites (tertiary alicyclic amines) is 1. The highest BCUT2D eigenvalue weighted by molar-refractivity contribution is 5.95. The molecule has 1 amide bonds. The van der Waals surface area contributed by atoms with Crippen molar-refractivity contribution in [3.8, 4) is 6.07 Å². The first-order valence-electron chi connectivity index (χ1n) is 7.69. The molecule has 0 radical (unpaired) electrons. The fourth-order valence-electron chi connectivity index (χ4n) is 2.63. The summed E-state index contributed by atoms with van der Waals surface area (Å²) in [7, 11) is 0. The molecule has 3 rings (SSSR count). The minimum atomic E-state index is 0.0715. The molecule has 2 aromatic rings. The molecule has 24 heavy (non-hydrogen) atoms. The number of aryl methyl sites for hydroxylation is 1. The van der Waals surface area contributed by atoms with Crippen LogP contribution in [0.1, 0.15) is 34.6 Å². The summed E-state index contributed by atoms with van der Waals surface area (Å²) in [6.45, 7) is 3.57. The van der Waals surface area contributed by atoms with Crippen molar-refractivity contribution < 1.29 is 4.79 Å². The van der Waals surface area contributed by atoms with Crippen LogP contribution in [0.3, 0.4) is 0 Å². The van der Waals surface area contributed by atoms with Gasteiger partial charge in [-0.2, -0.15) is 10.5 Å². The van der Waals surface area contributed by atoms with E-state index in [0.717, 1.165) is 37.2 Å². The molecule has 2 heterocycles. The Morgan fingerprint density at radius 1 is 1.42 bits per heavy atom. The molecule has 8 nitrogen and oxygen atoms in total. The summed E-state index contributed by atoms with van der Waals surface area (Å²) >= 11 is 0. The number of carbonyl (C=O) groups excluding carboxylic acids is 1. The summed E-state index contributed by atoms with van der Waals surface area (Å²) in [4.78, 5) is 14.3. The molecule has 0 spiro atoms. The van der Waals surface area contributed by atoms with Gasteiger partial charge in [0.1, 0.15) is 11.6 Å². The predicted molar refractivity (Wildman–Crippen MR) is 87.7 cm³/mol. The van der Waals surface area contributed by atoms with Gasteiger partial charge in [0.25, 0.3) is 5.91 Å². The normalized spacial score (nSPS) is 14.5. The quantitative estimate of drug-likeness (QED) is 0.829. The fourth-order valence-corrected chi connectivity index (χ4v) is 2.63. The second-order valence-corrected chi connectivity index (χ2v) is 5.58. The topological polar surface area (TPSA) is 111 Å². The van der Waals surface area contributed by atoms with Crippen molar-refractivity contribution in [2.24, 2.45) is 0 Å². The van der Waals surface area contributed by atoms with Gasteiger partial charge in [-0.15, -0.1) is 10.2 Å². The number of anilines is 1. The van der Waals surface area contributed by atoms with E-state index in [0.29, 0.717) is 5.56 Å². The Hall–Kier alpha value is -3.21. The number of allylic oxidation sites excluding steroid dienone is 1. The van der Waals surface area contributed by atoms with E-state index in [1.54, 1.807) is 6.07 Å². The summed E-state index contributed by atoms with van der Waals surface area (Å²) in [5.41, 5.74) is 2.67. The number of hydrogen-bond acceptors (Lipinski definition) is 6. The van der Waals surface area contributed by atoms with Gasteiger partial charge in [-0.25, -0.2) is 0 Å². The molecule has 1 saturated heterocycles. The number of tetrazole rings is 1. The van der Waals surface area contributed by atoms with Crippen molar-refractivity contribution in [3.05, 3.63) is 41.4 Å². The number of benzene rings is 1. The van der Waals surface area contributed by atoms with Gasteiger partial charge in [-0.05, 0) is 48.7 Å². The average Bonchev–Trinajstić information content (AvgIpc) is 3.29. The molecule has 122 valence electrons. The van der Waals surface area contributed by atoms with E-state index in [9.17, 15) is 4.79 Å². The molecular weight excluding hydrogens is 306 g/mol. The van der Waals surface area contributed by atoms with Crippen LogP contribution in [-0.2, 0) is 0 Å². The number of nitrogens with zero attached hydrogens (tertiary/aromatic N) is 5. The van der Waals surface area contributed by atoms with E-state index in [1.165, 1.54) is 6.20 Å². The van der Waals surface area contributed by atoms with Gasteiger partial charge in [-0.1, -0.05) is 0 Å². The summed E-state index contributed by atoms with van der Waals surface area (Å²) in [5.74, 6) is 0.297. The van der Waals surface area contributed by atoms with Crippen LogP contribution < -0.4 is 5.32 Å². The Bertz CT molecular complexity index is 798. The highest BCUT2D eigenvalue weighted by Crippen LogP contribution is 2.20. The second kappa shape index (κ2) is 6.91. The summed E-state index contributed by atoms with van der Waals surface area (Å²) in [6.07, 6.45) is 3.67. The van der Waals surface area contributed by atoms with Crippen molar-refractivity contribution in [1.29, 1.82) is 5.26 Å². The highest BCUT2D eigenvalue weighted by atomic mass is 16.2. The highest BCUT2D eigenvalue weighted by Gasteiger charge is 2.19. The summed E-state index contributed by atoms with van der Waals surface area (Å²) in [5, 5.41) is 25.5. The molecule has 0 unspecified atom stereocenters. The maximum Gasteiger partial charge on any atom is 0.253 e. The SMILES string of the molecule is Cc1cc(C(=O)N2CCCC2)ccc1NC=C(C#N)c1nn[nH]n1. The third-order valence-corrected chi connectivity index (χ3v) is 3.95. The van der Waals surface area contributed by atoms with Gasteiger partial charge in [-0.3, -0.25) is 4.79 Å². The molecule has 0 aliphatic carbocycles. The minimum absolute atomic E-state index is 0.0715. The molecule has 0 bridgehead atoms. The van der Waals surface area contributed by atoms with Gasteiger partial charge in [0.05, 0.1) is 0 Å². The Balaban J connectivity index is 1.75. The number of amides is 1. The van der Waals surface area contributed by atoms with Crippen molar-refractivity contribution in [2.75, 3.05) is 18.4 Å². The number of carbonyl (C=O) groups is 1. The lowest BCUT2D eigenvalue weighted by Crippen LogP contribution is -2.27. The molecule has 1 aromatic heterocycles. The van der Waals surface area contributed by atoms with Crippen molar-refractivity contribution in [1.82, 2.24) is 25.5 Å². The number of nitriles is 1. The van der Waals surface area contributed by atoms with E-state index in [1.807, 2.05) is 30.0 Å². The molecule has 2 N–H and O–H groups in total. The zero-order valence-electron chi connectivity index (χ0n) is 13.3. The zero-order valence-corrected chi connectivity index (χ0v) is 13.3. The molecule has 8 heteroatoms. The van der Waals surface area contributed by atoms with E-state index >= 15 is 0 Å². The summed E-state index contributed by atoms with van der Waals surface area (Å²) < 4.78 is 0. The number of hydrogen-bond donors (Lipinski definition) is 2. The molecule has 0 atom stereocenters. The fraction of sp³-hybridized carbons (Fsp3) is 0.312. The van der Waals surface area contributed by atoms with Gasteiger partial charge in [0, 0.05) is 30.5 Å². The Morgan fingerprint density at radius 2 is 2.21 bits per heavy atom. The Morgan fingerprint density at radius 3 is 2.83 bits per heavy atom. The maximum absolute atomic E-state index is 12.4. The summed E-state index contributed by atoms with van der Waals surface area (Å²) in [6, 6.07) is 7.50. The molecule has 1 fully saturated rings. The van der Waals surface area contributed by atoms with E-state index in [2.05, 4.69) is 25.9 Å². The van der Waals surface area contributed by atoms with Gasteiger partial charge < -0.3 is 10.2 Å². The lowest BCUT2D eigenvalue weighted by Gasteiger charge is -2.16. The zero-order chi connectivity index (χ0) is 16.9. The van der Waals surface area contributed by atoms with Crippen LogP contribution in [0.5, 0.6) is 0 Å². The first-order chi connectivity index (χ1) is 11.7. The van der Waals surface area contributed by atoms with Gasteiger partial charge in [0.15, 0.2) is 0 Å². The van der Waals surface area contributed by atoms with Crippen LogP contribution in [-0.4, -0.2) is 44.5 Å².